The Bertz CT molecular complexity index is 686. The summed E-state index contributed by atoms with van der Waals surface area (Å²) in [7, 11) is 1.93. The SMILES string of the molecule is Cc1cc(N(C)Cc2ccccc2Br)cc(C(=O)O)c1N. The first-order valence-corrected chi connectivity index (χ1v) is 7.27. The van der Waals surface area contributed by atoms with Gasteiger partial charge in [0.25, 0.3) is 0 Å². The van der Waals surface area contributed by atoms with E-state index >= 15 is 0 Å². The first-order valence-electron chi connectivity index (χ1n) is 6.48. The molecule has 0 aliphatic heterocycles. The van der Waals surface area contributed by atoms with Crippen LogP contribution in [0.25, 0.3) is 0 Å². The molecular weight excluding hydrogens is 332 g/mol. The molecule has 5 heteroatoms. The third kappa shape index (κ3) is 3.36. The molecule has 0 heterocycles. The highest BCUT2D eigenvalue weighted by molar-refractivity contribution is 9.10. The predicted molar refractivity (Wildman–Crippen MR) is 88.8 cm³/mol. The van der Waals surface area contributed by atoms with Crippen LogP contribution in [-0.2, 0) is 6.54 Å². The van der Waals surface area contributed by atoms with Crippen molar-refractivity contribution in [2.45, 2.75) is 13.5 Å². The number of carboxylic acid groups (broad SMARTS) is 1. The van der Waals surface area contributed by atoms with Gasteiger partial charge in [0.15, 0.2) is 0 Å². The minimum absolute atomic E-state index is 0.143. The Morgan fingerprint density at radius 2 is 2.00 bits per heavy atom. The number of nitrogens with two attached hydrogens (primary N) is 1. The van der Waals surface area contributed by atoms with Crippen molar-refractivity contribution >= 4 is 33.3 Å². The number of rotatable bonds is 4. The van der Waals surface area contributed by atoms with Crippen LogP contribution in [-0.4, -0.2) is 18.1 Å². The molecule has 0 aliphatic rings. The lowest BCUT2D eigenvalue weighted by atomic mass is 10.1. The average Bonchev–Trinajstić information content (AvgIpc) is 2.43. The van der Waals surface area contributed by atoms with Crippen LogP contribution < -0.4 is 10.6 Å². The molecule has 3 N–H and O–H groups in total. The van der Waals surface area contributed by atoms with Gasteiger partial charge in [0.2, 0.25) is 0 Å². The molecule has 0 spiro atoms. The average molecular weight is 349 g/mol. The third-order valence-electron chi connectivity index (χ3n) is 3.41. The number of carbonyl (C=O) groups is 1. The number of nitrogens with zero attached hydrogens (tertiary/aromatic N) is 1. The molecule has 0 fully saturated rings. The van der Waals surface area contributed by atoms with Crippen molar-refractivity contribution in [1.29, 1.82) is 0 Å². The predicted octanol–water partition coefficient (Wildman–Crippen LogP) is 3.67. The van der Waals surface area contributed by atoms with E-state index in [-0.39, 0.29) is 5.56 Å². The Balaban J connectivity index is 2.34. The zero-order chi connectivity index (χ0) is 15.6. The number of aryl methyl sites for hydroxylation is 1. The van der Waals surface area contributed by atoms with E-state index in [9.17, 15) is 9.90 Å². The second-order valence-corrected chi connectivity index (χ2v) is 5.83. The lowest BCUT2D eigenvalue weighted by molar-refractivity contribution is 0.0698. The van der Waals surface area contributed by atoms with Gasteiger partial charge in [-0.15, -0.1) is 0 Å². The molecule has 0 aliphatic carbocycles. The maximum Gasteiger partial charge on any atom is 0.337 e. The fraction of sp³-hybridized carbons (Fsp3) is 0.188. The lowest BCUT2D eigenvalue weighted by Gasteiger charge is -2.22. The van der Waals surface area contributed by atoms with Gasteiger partial charge < -0.3 is 15.7 Å². The Morgan fingerprint density at radius 1 is 1.33 bits per heavy atom. The highest BCUT2D eigenvalue weighted by Crippen LogP contribution is 2.27. The Labute approximate surface area is 132 Å². The minimum Gasteiger partial charge on any atom is -0.478 e. The summed E-state index contributed by atoms with van der Waals surface area (Å²) in [4.78, 5) is 13.3. The fourth-order valence-electron chi connectivity index (χ4n) is 2.15. The minimum atomic E-state index is -1.01. The molecule has 0 amide bonds. The van der Waals surface area contributed by atoms with Gasteiger partial charge in [-0.05, 0) is 36.2 Å². The molecule has 21 heavy (non-hydrogen) atoms. The van der Waals surface area contributed by atoms with E-state index in [0.29, 0.717) is 12.2 Å². The summed E-state index contributed by atoms with van der Waals surface area (Å²) in [5, 5.41) is 9.22. The first kappa shape index (κ1) is 15.4. The molecule has 0 bridgehead atoms. The van der Waals surface area contributed by atoms with Crippen LogP contribution in [0.3, 0.4) is 0 Å². The first-order chi connectivity index (χ1) is 9.90. The number of aromatic carboxylic acids is 1. The highest BCUT2D eigenvalue weighted by atomic mass is 79.9. The summed E-state index contributed by atoms with van der Waals surface area (Å²) in [6.45, 7) is 2.49. The lowest BCUT2D eigenvalue weighted by Crippen LogP contribution is -2.18. The van der Waals surface area contributed by atoms with Gasteiger partial charge in [0, 0.05) is 29.4 Å². The second kappa shape index (κ2) is 6.18. The molecule has 0 unspecified atom stereocenters. The molecule has 0 aromatic heterocycles. The molecule has 0 saturated carbocycles. The van der Waals surface area contributed by atoms with E-state index in [0.717, 1.165) is 21.3 Å². The highest BCUT2D eigenvalue weighted by Gasteiger charge is 2.14. The van der Waals surface area contributed by atoms with E-state index in [1.54, 1.807) is 6.07 Å². The third-order valence-corrected chi connectivity index (χ3v) is 4.18. The molecule has 2 rings (SSSR count). The van der Waals surface area contributed by atoms with Crippen LogP contribution in [0.2, 0.25) is 0 Å². The quantitative estimate of drug-likeness (QED) is 0.827. The van der Waals surface area contributed by atoms with E-state index in [4.69, 9.17) is 5.73 Å². The van der Waals surface area contributed by atoms with Gasteiger partial charge in [-0.2, -0.15) is 0 Å². The van der Waals surface area contributed by atoms with Gasteiger partial charge in [-0.3, -0.25) is 0 Å². The van der Waals surface area contributed by atoms with Crippen LogP contribution >= 0.6 is 15.9 Å². The fourth-order valence-corrected chi connectivity index (χ4v) is 2.56. The summed E-state index contributed by atoms with van der Waals surface area (Å²) in [5.41, 5.74) is 9.01. The number of anilines is 2. The number of benzene rings is 2. The van der Waals surface area contributed by atoms with Crippen molar-refractivity contribution in [1.82, 2.24) is 0 Å². The summed E-state index contributed by atoms with van der Waals surface area (Å²) in [5.74, 6) is -1.01. The molecular formula is C16H17BrN2O2. The van der Waals surface area contributed by atoms with Crippen LogP contribution in [0.1, 0.15) is 21.5 Å². The maximum atomic E-state index is 11.3. The number of hydrogen-bond donors (Lipinski definition) is 2. The molecule has 0 saturated heterocycles. The maximum absolute atomic E-state index is 11.3. The Hall–Kier alpha value is -2.01. The largest absolute Gasteiger partial charge is 0.478 e. The number of hydrogen-bond acceptors (Lipinski definition) is 3. The Morgan fingerprint density at radius 3 is 2.62 bits per heavy atom. The smallest absolute Gasteiger partial charge is 0.337 e. The van der Waals surface area contributed by atoms with Crippen molar-refractivity contribution in [2.75, 3.05) is 17.7 Å². The van der Waals surface area contributed by atoms with Gasteiger partial charge in [0.1, 0.15) is 0 Å². The van der Waals surface area contributed by atoms with Crippen molar-refractivity contribution in [2.24, 2.45) is 0 Å². The van der Waals surface area contributed by atoms with Crippen molar-refractivity contribution in [3.63, 3.8) is 0 Å². The molecule has 0 radical (unpaired) electrons. The molecule has 110 valence electrons. The number of nitrogen functional groups attached to an aromatic ring is 1. The Kier molecular flexibility index (Phi) is 4.53. The topological polar surface area (TPSA) is 66.6 Å². The van der Waals surface area contributed by atoms with Crippen LogP contribution in [0.15, 0.2) is 40.9 Å². The van der Waals surface area contributed by atoms with Gasteiger partial charge >= 0.3 is 5.97 Å². The molecule has 4 nitrogen and oxygen atoms in total. The summed E-state index contributed by atoms with van der Waals surface area (Å²) in [6.07, 6.45) is 0. The second-order valence-electron chi connectivity index (χ2n) is 4.98. The monoisotopic (exact) mass is 348 g/mol. The molecule has 2 aromatic carbocycles. The standard InChI is InChI=1S/C16H17BrN2O2/c1-10-7-12(8-13(15(10)18)16(20)21)19(2)9-11-5-3-4-6-14(11)17/h3-8H,9,18H2,1-2H3,(H,20,21). The zero-order valence-electron chi connectivity index (χ0n) is 11.9. The van der Waals surface area contributed by atoms with E-state index in [2.05, 4.69) is 15.9 Å². The van der Waals surface area contributed by atoms with E-state index in [1.807, 2.05) is 49.2 Å². The molecule has 0 atom stereocenters. The van der Waals surface area contributed by atoms with E-state index < -0.39 is 5.97 Å². The summed E-state index contributed by atoms with van der Waals surface area (Å²) >= 11 is 3.52. The summed E-state index contributed by atoms with van der Waals surface area (Å²) in [6, 6.07) is 11.5. The number of halogens is 1. The normalized spacial score (nSPS) is 10.4. The van der Waals surface area contributed by atoms with Crippen molar-refractivity contribution in [3.05, 3.63) is 57.6 Å². The van der Waals surface area contributed by atoms with E-state index in [1.165, 1.54) is 0 Å². The van der Waals surface area contributed by atoms with Crippen LogP contribution in [0.4, 0.5) is 11.4 Å². The van der Waals surface area contributed by atoms with Crippen LogP contribution in [0, 0.1) is 6.92 Å². The summed E-state index contributed by atoms with van der Waals surface area (Å²) < 4.78 is 1.03. The zero-order valence-corrected chi connectivity index (χ0v) is 13.5. The van der Waals surface area contributed by atoms with Gasteiger partial charge in [-0.1, -0.05) is 34.1 Å². The van der Waals surface area contributed by atoms with Gasteiger partial charge in [-0.25, -0.2) is 4.79 Å². The van der Waals surface area contributed by atoms with Gasteiger partial charge in [0.05, 0.1) is 5.56 Å². The number of carboxylic acids is 1. The van der Waals surface area contributed by atoms with Crippen LogP contribution in [0.5, 0.6) is 0 Å². The molecule has 2 aromatic rings. The van der Waals surface area contributed by atoms with Crippen molar-refractivity contribution < 1.29 is 9.90 Å². The van der Waals surface area contributed by atoms with Crippen molar-refractivity contribution in [3.8, 4) is 0 Å².